The molecule has 6 heteroatoms. The Hall–Kier alpha value is -1.20. The predicted octanol–water partition coefficient (Wildman–Crippen LogP) is 2.34. The molecule has 0 aromatic heterocycles. The van der Waals surface area contributed by atoms with E-state index in [0.717, 1.165) is 12.0 Å². The van der Waals surface area contributed by atoms with Crippen LogP contribution in [0.4, 0.5) is 0 Å². The van der Waals surface area contributed by atoms with Crippen molar-refractivity contribution >= 4 is 34.4 Å². The third-order valence-corrected chi connectivity index (χ3v) is 4.00. The van der Waals surface area contributed by atoms with Gasteiger partial charge in [0.2, 0.25) is 5.91 Å². The van der Waals surface area contributed by atoms with Crippen LogP contribution in [0.1, 0.15) is 18.9 Å². The van der Waals surface area contributed by atoms with Gasteiger partial charge >= 0.3 is 0 Å². The fourth-order valence-electron chi connectivity index (χ4n) is 1.53. The highest BCUT2D eigenvalue weighted by Crippen LogP contribution is 2.19. The number of hydrogen-bond donors (Lipinski definition) is 2. The lowest BCUT2D eigenvalue weighted by Gasteiger charge is -2.06. The molecule has 1 aromatic carbocycles. The first kappa shape index (κ1) is 13.2. The van der Waals surface area contributed by atoms with Crippen LogP contribution < -0.4 is 10.7 Å². The highest BCUT2D eigenvalue weighted by molar-refractivity contribution is 8.14. The van der Waals surface area contributed by atoms with Crippen molar-refractivity contribution in [3.05, 3.63) is 34.9 Å². The Morgan fingerprint density at radius 1 is 1.56 bits per heavy atom. The normalized spacial score (nSPS) is 18.1. The van der Waals surface area contributed by atoms with Gasteiger partial charge in [-0.15, -0.1) is 0 Å². The van der Waals surface area contributed by atoms with E-state index in [1.165, 1.54) is 11.8 Å². The first-order valence-electron chi connectivity index (χ1n) is 5.72. The number of nitrogens with zero attached hydrogens (tertiary/aromatic N) is 1. The van der Waals surface area contributed by atoms with Gasteiger partial charge in [0.1, 0.15) is 0 Å². The number of carbonyl (C=O) groups excluding carboxylic acids is 1. The van der Waals surface area contributed by atoms with E-state index in [-0.39, 0.29) is 17.7 Å². The molecule has 1 atom stereocenters. The van der Waals surface area contributed by atoms with Crippen LogP contribution in [0.5, 0.6) is 0 Å². The summed E-state index contributed by atoms with van der Waals surface area (Å²) in [6.45, 7) is 2.06. The van der Waals surface area contributed by atoms with Gasteiger partial charge in [-0.05, 0) is 18.1 Å². The number of hydrazone groups is 1. The van der Waals surface area contributed by atoms with E-state index in [0.29, 0.717) is 10.2 Å². The monoisotopic (exact) mass is 283 g/mol. The van der Waals surface area contributed by atoms with E-state index in [9.17, 15) is 4.79 Å². The topological polar surface area (TPSA) is 53.5 Å². The number of hydrogen-bond acceptors (Lipinski definition) is 4. The summed E-state index contributed by atoms with van der Waals surface area (Å²) in [5, 5.41) is 8.31. The molecule has 4 nitrogen and oxygen atoms in total. The minimum absolute atomic E-state index is 0.104. The second-order valence-electron chi connectivity index (χ2n) is 3.88. The summed E-state index contributed by atoms with van der Waals surface area (Å²) in [6.07, 6.45) is 1.22. The maximum atomic E-state index is 11.8. The largest absolute Gasteiger partial charge is 0.303 e. The van der Waals surface area contributed by atoms with Crippen LogP contribution in [-0.4, -0.2) is 16.4 Å². The minimum atomic E-state index is -0.104. The predicted molar refractivity (Wildman–Crippen MR) is 75.5 cm³/mol. The van der Waals surface area contributed by atoms with Gasteiger partial charge in [0.15, 0.2) is 5.17 Å². The Balaban J connectivity index is 1.88. The van der Waals surface area contributed by atoms with Crippen molar-refractivity contribution in [2.75, 3.05) is 0 Å². The Kier molecular flexibility index (Phi) is 4.49. The molecule has 1 heterocycles. The first-order valence-corrected chi connectivity index (χ1v) is 6.98. The van der Waals surface area contributed by atoms with Crippen molar-refractivity contribution in [2.45, 2.75) is 25.1 Å². The number of halogens is 1. The minimum Gasteiger partial charge on any atom is -0.303 e. The summed E-state index contributed by atoms with van der Waals surface area (Å²) in [6, 6.07) is 7.33. The number of nitrogens with one attached hydrogen (secondary N) is 2. The van der Waals surface area contributed by atoms with Crippen molar-refractivity contribution < 1.29 is 4.79 Å². The van der Waals surface area contributed by atoms with E-state index in [4.69, 9.17) is 11.6 Å². The fourth-order valence-corrected chi connectivity index (χ4v) is 2.55. The molecule has 2 N–H and O–H groups in total. The third kappa shape index (κ3) is 3.40. The van der Waals surface area contributed by atoms with E-state index < -0.39 is 0 Å². The molecule has 0 saturated heterocycles. The first-order chi connectivity index (χ1) is 8.69. The van der Waals surface area contributed by atoms with Crippen LogP contribution in [0.3, 0.4) is 0 Å². The zero-order valence-corrected chi connectivity index (χ0v) is 11.5. The van der Waals surface area contributed by atoms with E-state index >= 15 is 0 Å². The smallest absolute Gasteiger partial charge is 0.230 e. The second-order valence-corrected chi connectivity index (χ2v) is 5.48. The lowest BCUT2D eigenvalue weighted by Crippen LogP contribution is -2.29. The Morgan fingerprint density at radius 2 is 2.33 bits per heavy atom. The lowest BCUT2D eigenvalue weighted by atomic mass is 10.1. The van der Waals surface area contributed by atoms with Crippen molar-refractivity contribution in [1.82, 2.24) is 10.7 Å². The Bertz CT molecular complexity index is 478. The van der Waals surface area contributed by atoms with Crippen LogP contribution in [0.2, 0.25) is 5.02 Å². The molecule has 1 aromatic rings. The average molecular weight is 284 g/mol. The highest BCUT2D eigenvalue weighted by atomic mass is 35.5. The summed E-state index contributed by atoms with van der Waals surface area (Å²) in [7, 11) is 0. The summed E-state index contributed by atoms with van der Waals surface area (Å²) in [5.74, 6) is -0.104. The van der Waals surface area contributed by atoms with Crippen LogP contribution in [0, 0.1) is 0 Å². The number of amidine groups is 1. The molecule has 96 valence electrons. The van der Waals surface area contributed by atoms with E-state index in [1.54, 1.807) is 6.07 Å². The van der Waals surface area contributed by atoms with Crippen LogP contribution in [0.15, 0.2) is 29.4 Å². The van der Waals surface area contributed by atoms with E-state index in [2.05, 4.69) is 22.8 Å². The standard InChI is InChI=1S/C12H14ClN3OS/c1-2-11-15-16-12(18-11)14-10(17)7-8-5-3-4-6-9(8)13/h3-6,11,15H,2,7H2,1H3,(H,14,16,17). The lowest BCUT2D eigenvalue weighted by molar-refractivity contribution is -0.119. The van der Waals surface area contributed by atoms with Crippen LogP contribution >= 0.6 is 23.4 Å². The van der Waals surface area contributed by atoms with Gasteiger partial charge in [0, 0.05) is 5.02 Å². The molecule has 0 radical (unpaired) electrons. The van der Waals surface area contributed by atoms with Gasteiger partial charge in [0.05, 0.1) is 11.8 Å². The fraction of sp³-hybridized carbons (Fsp3) is 0.333. The Morgan fingerprint density at radius 3 is 3.00 bits per heavy atom. The van der Waals surface area contributed by atoms with Gasteiger partial charge in [-0.3, -0.25) is 10.2 Å². The zero-order valence-electron chi connectivity index (χ0n) is 9.94. The van der Waals surface area contributed by atoms with Gasteiger partial charge in [-0.25, -0.2) is 0 Å². The maximum Gasteiger partial charge on any atom is 0.230 e. The van der Waals surface area contributed by atoms with Gasteiger partial charge < -0.3 is 5.32 Å². The van der Waals surface area contributed by atoms with Crippen molar-refractivity contribution in [3.8, 4) is 0 Å². The van der Waals surface area contributed by atoms with Gasteiger partial charge in [-0.2, -0.15) is 5.10 Å². The molecule has 2 rings (SSSR count). The number of rotatable bonds is 3. The zero-order chi connectivity index (χ0) is 13.0. The van der Waals surface area contributed by atoms with E-state index in [1.807, 2.05) is 18.2 Å². The average Bonchev–Trinajstić information content (AvgIpc) is 2.80. The van der Waals surface area contributed by atoms with Gasteiger partial charge in [-0.1, -0.05) is 48.5 Å². The maximum absolute atomic E-state index is 11.8. The summed E-state index contributed by atoms with van der Waals surface area (Å²) >= 11 is 7.53. The molecule has 0 saturated carbocycles. The number of thioether (sulfide) groups is 1. The van der Waals surface area contributed by atoms with Crippen LogP contribution in [-0.2, 0) is 11.2 Å². The van der Waals surface area contributed by atoms with Gasteiger partial charge in [0.25, 0.3) is 0 Å². The molecule has 1 aliphatic rings. The molecular weight excluding hydrogens is 270 g/mol. The molecule has 0 spiro atoms. The number of carbonyl (C=O) groups is 1. The quantitative estimate of drug-likeness (QED) is 0.895. The van der Waals surface area contributed by atoms with Crippen molar-refractivity contribution in [3.63, 3.8) is 0 Å². The molecular formula is C12H14ClN3OS. The summed E-state index contributed by atoms with van der Waals surface area (Å²) in [4.78, 5) is 11.8. The molecule has 1 unspecified atom stereocenters. The second kappa shape index (κ2) is 6.11. The molecule has 18 heavy (non-hydrogen) atoms. The molecule has 1 aliphatic heterocycles. The molecule has 0 fully saturated rings. The summed E-state index contributed by atoms with van der Waals surface area (Å²) < 4.78 is 0. The third-order valence-electron chi connectivity index (χ3n) is 2.49. The molecule has 0 aliphatic carbocycles. The van der Waals surface area contributed by atoms with Crippen molar-refractivity contribution in [2.24, 2.45) is 5.10 Å². The number of benzene rings is 1. The van der Waals surface area contributed by atoms with Crippen molar-refractivity contribution in [1.29, 1.82) is 0 Å². The summed E-state index contributed by atoms with van der Waals surface area (Å²) in [5.41, 5.74) is 3.77. The molecule has 0 bridgehead atoms. The van der Waals surface area contributed by atoms with Crippen LogP contribution in [0.25, 0.3) is 0 Å². The molecule has 1 amide bonds. The SMILES string of the molecule is CCC1NN=C(NC(=O)Cc2ccccc2Cl)S1. The number of amides is 1. The Labute approximate surface area is 115 Å². The highest BCUT2D eigenvalue weighted by Gasteiger charge is 2.19.